The van der Waals surface area contributed by atoms with Crippen LogP contribution in [0, 0.1) is 0 Å². The fourth-order valence-electron chi connectivity index (χ4n) is 3.34. The molecule has 4 aromatic rings. The Bertz CT molecular complexity index is 1220. The van der Waals surface area contributed by atoms with Crippen molar-refractivity contribution in [2.45, 2.75) is 19.6 Å². The van der Waals surface area contributed by atoms with E-state index in [0.717, 1.165) is 15.7 Å². The quantitative estimate of drug-likeness (QED) is 0.503. The molecule has 1 amide bonds. The maximum atomic E-state index is 13.4. The third-order valence-electron chi connectivity index (χ3n) is 4.90. The third-order valence-corrected chi connectivity index (χ3v) is 4.90. The number of rotatable bonds is 7. The van der Waals surface area contributed by atoms with Crippen molar-refractivity contribution in [1.82, 2.24) is 14.5 Å². The minimum atomic E-state index is -0.656. The number of nitrogens with one attached hydrogen (secondary N) is 1. The molecule has 0 unspecified atom stereocenters. The highest BCUT2D eigenvalue weighted by Crippen LogP contribution is 2.13. The summed E-state index contributed by atoms with van der Waals surface area (Å²) in [5, 5.41) is 0. The molecule has 7 nitrogen and oxygen atoms in total. The number of carbonyl (C=O) groups is 1. The highest BCUT2D eigenvalue weighted by atomic mass is 16.3. The van der Waals surface area contributed by atoms with Gasteiger partial charge in [0.2, 0.25) is 0 Å². The number of benzene rings is 2. The summed E-state index contributed by atoms with van der Waals surface area (Å²) in [5.74, 6) is -0.00947. The van der Waals surface area contributed by atoms with Gasteiger partial charge in [-0.1, -0.05) is 60.7 Å². The summed E-state index contributed by atoms with van der Waals surface area (Å²) in [6, 6.07) is 22.4. The van der Waals surface area contributed by atoms with Crippen LogP contribution in [0.2, 0.25) is 0 Å². The summed E-state index contributed by atoms with van der Waals surface area (Å²) < 4.78 is 6.21. The lowest BCUT2D eigenvalue weighted by molar-refractivity contribution is 0.0726. The van der Waals surface area contributed by atoms with Crippen LogP contribution in [0.3, 0.4) is 0 Å². The van der Waals surface area contributed by atoms with E-state index in [1.165, 1.54) is 12.5 Å². The Labute approximate surface area is 178 Å². The lowest BCUT2D eigenvalue weighted by Crippen LogP contribution is -2.41. The second kappa shape index (κ2) is 9.13. The predicted molar refractivity (Wildman–Crippen MR) is 116 cm³/mol. The average molecular weight is 415 g/mol. The average Bonchev–Trinajstić information content (AvgIpc) is 3.31. The van der Waals surface area contributed by atoms with E-state index in [-0.39, 0.29) is 12.1 Å². The van der Waals surface area contributed by atoms with Gasteiger partial charge in [0.05, 0.1) is 12.8 Å². The van der Waals surface area contributed by atoms with Gasteiger partial charge in [0, 0.05) is 19.3 Å². The molecule has 0 aliphatic rings. The van der Waals surface area contributed by atoms with Gasteiger partial charge in [0.15, 0.2) is 0 Å². The molecule has 1 N–H and O–H groups in total. The van der Waals surface area contributed by atoms with Gasteiger partial charge < -0.3 is 14.3 Å². The van der Waals surface area contributed by atoms with Gasteiger partial charge in [0.1, 0.15) is 11.3 Å². The largest absolute Gasteiger partial charge is 0.467 e. The Morgan fingerprint density at radius 1 is 0.871 bits per heavy atom. The van der Waals surface area contributed by atoms with Gasteiger partial charge in [-0.05, 0) is 23.3 Å². The Morgan fingerprint density at radius 3 is 2.03 bits per heavy atom. The zero-order valence-corrected chi connectivity index (χ0v) is 16.7. The smallest absolute Gasteiger partial charge is 0.328 e. The second-order valence-electron chi connectivity index (χ2n) is 7.11. The number of amides is 1. The number of H-pyrrole nitrogens is 1. The Balaban J connectivity index is 1.69. The van der Waals surface area contributed by atoms with Gasteiger partial charge in [-0.15, -0.1) is 0 Å². The Kier molecular flexibility index (Phi) is 5.93. The number of hydrogen-bond acceptors (Lipinski definition) is 4. The summed E-state index contributed by atoms with van der Waals surface area (Å²) in [7, 11) is 0. The number of nitrogens with zero attached hydrogens (tertiary/aromatic N) is 2. The normalized spacial score (nSPS) is 10.7. The van der Waals surface area contributed by atoms with Crippen molar-refractivity contribution >= 4 is 5.91 Å². The van der Waals surface area contributed by atoms with Crippen molar-refractivity contribution in [2.75, 3.05) is 0 Å². The molecule has 0 spiro atoms. The molecule has 0 aliphatic heterocycles. The van der Waals surface area contributed by atoms with Gasteiger partial charge >= 0.3 is 5.69 Å². The molecule has 7 heteroatoms. The van der Waals surface area contributed by atoms with E-state index in [0.29, 0.717) is 18.8 Å². The van der Waals surface area contributed by atoms with E-state index < -0.39 is 17.2 Å². The number of furan rings is 1. The summed E-state index contributed by atoms with van der Waals surface area (Å²) >= 11 is 0. The first kappa shape index (κ1) is 20.2. The zero-order chi connectivity index (χ0) is 21.6. The van der Waals surface area contributed by atoms with E-state index in [2.05, 4.69) is 4.98 Å². The summed E-state index contributed by atoms with van der Waals surface area (Å²) in [5.41, 5.74) is 0.518. The molecule has 31 heavy (non-hydrogen) atoms. The van der Waals surface area contributed by atoms with E-state index in [9.17, 15) is 14.4 Å². The Morgan fingerprint density at radius 2 is 1.48 bits per heavy atom. The molecule has 4 rings (SSSR count). The molecule has 2 heterocycles. The molecule has 2 aromatic heterocycles. The van der Waals surface area contributed by atoms with Crippen LogP contribution >= 0.6 is 0 Å². The predicted octanol–water partition coefficient (Wildman–Crippen LogP) is 3.02. The van der Waals surface area contributed by atoms with Crippen LogP contribution in [0.5, 0.6) is 0 Å². The lowest BCUT2D eigenvalue weighted by Gasteiger charge is -2.23. The molecule has 2 aromatic carbocycles. The number of carbonyl (C=O) groups excluding carboxylic acids is 1. The van der Waals surface area contributed by atoms with Gasteiger partial charge in [-0.2, -0.15) is 0 Å². The van der Waals surface area contributed by atoms with E-state index in [4.69, 9.17) is 4.42 Å². The van der Waals surface area contributed by atoms with Gasteiger partial charge in [0.25, 0.3) is 11.5 Å². The standard InChI is InChI=1S/C24H21N3O4/c28-22(21-14-25-24(30)27(23(21)29)17-20-12-7-13-31-20)26(15-18-8-3-1-4-9-18)16-19-10-5-2-6-11-19/h1-14H,15-17H2,(H,25,30). The molecular formula is C24H21N3O4. The van der Waals surface area contributed by atoms with Crippen LogP contribution in [0.25, 0.3) is 0 Å². The fraction of sp³-hybridized carbons (Fsp3) is 0.125. The minimum Gasteiger partial charge on any atom is -0.467 e. The highest BCUT2D eigenvalue weighted by Gasteiger charge is 2.22. The van der Waals surface area contributed by atoms with Crippen molar-refractivity contribution in [3.05, 3.63) is 129 Å². The maximum Gasteiger partial charge on any atom is 0.328 e. The Hall–Kier alpha value is -4.13. The maximum absolute atomic E-state index is 13.4. The van der Waals surface area contributed by atoms with Crippen molar-refractivity contribution in [3.63, 3.8) is 0 Å². The molecule has 0 fully saturated rings. The van der Waals surface area contributed by atoms with Crippen molar-refractivity contribution in [2.24, 2.45) is 0 Å². The summed E-state index contributed by atoms with van der Waals surface area (Å²) in [4.78, 5) is 42.8. The first-order valence-corrected chi connectivity index (χ1v) is 9.84. The number of hydrogen-bond donors (Lipinski definition) is 1. The van der Waals surface area contributed by atoms with Crippen LogP contribution in [0.1, 0.15) is 27.2 Å². The fourth-order valence-corrected chi connectivity index (χ4v) is 3.34. The topological polar surface area (TPSA) is 88.3 Å². The van der Waals surface area contributed by atoms with Crippen molar-refractivity contribution in [1.29, 1.82) is 0 Å². The second-order valence-corrected chi connectivity index (χ2v) is 7.11. The van der Waals surface area contributed by atoms with Crippen LogP contribution in [0.4, 0.5) is 0 Å². The number of aromatic nitrogens is 2. The van der Waals surface area contributed by atoms with E-state index in [1.807, 2.05) is 60.7 Å². The van der Waals surface area contributed by atoms with E-state index >= 15 is 0 Å². The molecule has 0 saturated carbocycles. The lowest BCUT2D eigenvalue weighted by atomic mass is 10.1. The molecule has 0 atom stereocenters. The molecule has 0 bridgehead atoms. The van der Waals surface area contributed by atoms with Gasteiger partial charge in [-0.3, -0.25) is 14.2 Å². The van der Waals surface area contributed by atoms with Gasteiger partial charge in [-0.25, -0.2) is 4.79 Å². The first-order valence-electron chi connectivity index (χ1n) is 9.84. The van der Waals surface area contributed by atoms with E-state index in [1.54, 1.807) is 17.0 Å². The first-order chi connectivity index (χ1) is 15.1. The third kappa shape index (κ3) is 4.72. The zero-order valence-electron chi connectivity index (χ0n) is 16.7. The van der Waals surface area contributed by atoms with Crippen LogP contribution in [0.15, 0.2) is 99.3 Å². The number of aromatic amines is 1. The SMILES string of the molecule is O=C(c1c[nH]c(=O)n(Cc2ccco2)c1=O)N(Cc1ccccc1)Cc1ccccc1. The molecular weight excluding hydrogens is 394 g/mol. The van der Waals surface area contributed by atoms with Crippen LogP contribution in [-0.4, -0.2) is 20.4 Å². The molecule has 0 saturated heterocycles. The van der Waals surface area contributed by atoms with Crippen molar-refractivity contribution < 1.29 is 9.21 Å². The molecule has 156 valence electrons. The minimum absolute atomic E-state index is 0.0559. The molecule has 0 radical (unpaired) electrons. The molecule has 0 aliphatic carbocycles. The highest BCUT2D eigenvalue weighted by molar-refractivity contribution is 5.93. The van der Waals surface area contributed by atoms with Crippen LogP contribution in [-0.2, 0) is 19.6 Å². The summed E-state index contributed by atoms with van der Waals surface area (Å²) in [6.07, 6.45) is 2.65. The van der Waals surface area contributed by atoms with Crippen molar-refractivity contribution in [3.8, 4) is 0 Å². The monoisotopic (exact) mass is 415 g/mol. The van der Waals surface area contributed by atoms with Crippen LogP contribution < -0.4 is 11.2 Å². The summed E-state index contributed by atoms with van der Waals surface area (Å²) in [6.45, 7) is 0.594.